The molecule has 0 atom stereocenters. The predicted octanol–water partition coefficient (Wildman–Crippen LogP) is 3.84. The van der Waals surface area contributed by atoms with Gasteiger partial charge in [-0.2, -0.15) is 0 Å². The fraction of sp³-hybridized carbons (Fsp3) is 0.125. The van der Waals surface area contributed by atoms with Gasteiger partial charge in [0, 0.05) is 27.1 Å². The van der Waals surface area contributed by atoms with E-state index in [4.69, 9.17) is 5.73 Å². The zero-order valence-corrected chi connectivity index (χ0v) is 14.9. The summed E-state index contributed by atoms with van der Waals surface area (Å²) in [4.78, 5) is 35.8. The van der Waals surface area contributed by atoms with Crippen molar-refractivity contribution in [1.82, 2.24) is 0 Å². The van der Waals surface area contributed by atoms with Crippen LogP contribution in [0.2, 0.25) is 0 Å². The monoisotopic (exact) mass is 375 g/mol. The number of nitro benzene ring substituents is 1. The normalized spacial score (nSPS) is 10.8. The highest BCUT2D eigenvalue weighted by atomic mass is 32.1. The van der Waals surface area contributed by atoms with Crippen molar-refractivity contribution in [3.63, 3.8) is 0 Å². The molecule has 0 saturated carbocycles. The molecule has 3 N–H and O–H groups in total. The minimum absolute atomic E-state index is 0.0298. The van der Waals surface area contributed by atoms with Gasteiger partial charge in [0.05, 0.1) is 15.4 Å². The first-order valence-corrected chi connectivity index (χ1v) is 8.80. The molecule has 0 radical (unpaired) electrons. The second kappa shape index (κ2) is 6.26. The van der Waals surface area contributed by atoms with E-state index >= 15 is 0 Å². The van der Waals surface area contributed by atoms with E-state index in [1.54, 1.807) is 19.1 Å². The van der Waals surface area contributed by atoms with Crippen LogP contribution in [0, 0.1) is 24.0 Å². The van der Waals surface area contributed by atoms with E-state index in [0.717, 1.165) is 15.1 Å². The zero-order chi connectivity index (χ0) is 18.3. The first-order valence-electron chi connectivity index (χ1n) is 7.17. The van der Waals surface area contributed by atoms with Gasteiger partial charge in [0.2, 0.25) is 0 Å². The summed E-state index contributed by atoms with van der Waals surface area (Å²) in [5, 5.41) is 14.6. The van der Waals surface area contributed by atoms with Crippen molar-refractivity contribution in [3.05, 3.63) is 55.3 Å². The molecule has 0 aliphatic rings. The van der Waals surface area contributed by atoms with Gasteiger partial charge in [-0.3, -0.25) is 19.7 Å². The van der Waals surface area contributed by atoms with E-state index in [1.165, 1.54) is 34.8 Å². The van der Waals surface area contributed by atoms with Gasteiger partial charge in [0.1, 0.15) is 5.00 Å². The Morgan fingerprint density at radius 3 is 2.56 bits per heavy atom. The molecule has 9 heteroatoms. The van der Waals surface area contributed by atoms with E-state index in [1.807, 2.05) is 6.92 Å². The molecule has 2 heterocycles. The Kier molecular flexibility index (Phi) is 4.27. The molecule has 0 spiro atoms. The van der Waals surface area contributed by atoms with Crippen LogP contribution in [0.5, 0.6) is 0 Å². The number of hydrogen-bond acceptors (Lipinski definition) is 6. The summed E-state index contributed by atoms with van der Waals surface area (Å²) < 4.78 is 0.768. The molecule has 0 aliphatic heterocycles. The molecule has 7 nitrogen and oxygen atoms in total. The standard InChI is InChI=1S/C16H13N3O4S2/c1-7-8(2)24-16(13(7)14(17)20)18-15(21)12-6-9-5-10(19(22)23)3-4-11(9)25-12/h3-6H,1-2H3,(H2,17,20)(H,18,21). The number of nitrogens with two attached hydrogens (primary N) is 1. The van der Waals surface area contributed by atoms with E-state index < -0.39 is 10.8 Å². The van der Waals surface area contributed by atoms with Gasteiger partial charge >= 0.3 is 0 Å². The number of benzene rings is 1. The maximum absolute atomic E-state index is 12.5. The smallest absolute Gasteiger partial charge is 0.270 e. The number of amides is 2. The number of nitro groups is 1. The number of non-ortho nitro benzene ring substituents is 1. The Balaban J connectivity index is 1.94. The van der Waals surface area contributed by atoms with Crippen LogP contribution in [-0.4, -0.2) is 16.7 Å². The second-order valence-corrected chi connectivity index (χ2v) is 7.70. The highest BCUT2D eigenvalue weighted by molar-refractivity contribution is 7.21. The average molecular weight is 375 g/mol. The summed E-state index contributed by atoms with van der Waals surface area (Å²) >= 11 is 2.51. The maximum atomic E-state index is 12.5. The number of anilines is 1. The molecule has 0 bridgehead atoms. The zero-order valence-electron chi connectivity index (χ0n) is 13.3. The van der Waals surface area contributed by atoms with E-state index in [2.05, 4.69) is 5.32 Å². The number of fused-ring (bicyclic) bond motifs is 1. The van der Waals surface area contributed by atoms with Crippen LogP contribution in [-0.2, 0) is 0 Å². The van der Waals surface area contributed by atoms with Gasteiger partial charge in [-0.15, -0.1) is 22.7 Å². The summed E-state index contributed by atoms with van der Waals surface area (Å²) in [5.41, 5.74) is 6.44. The van der Waals surface area contributed by atoms with Gasteiger partial charge in [0.25, 0.3) is 17.5 Å². The van der Waals surface area contributed by atoms with Crippen molar-refractivity contribution in [3.8, 4) is 0 Å². The Morgan fingerprint density at radius 1 is 1.20 bits per heavy atom. The van der Waals surface area contributed by atoms with Crippen LogP contribution >= 0.6 is 22.7 Å². The van der Waals surface area contributed by atoms with Gasteiger partial charge in [0.15, 0.2) is 0 Å². The maximum Gasteiger partial charge on any atom is 0.270 e. The third-order valence-electron chi connectivity index (χ3n) is 3.79. The van der Waals surface area contributed by atoms with Crippen molar-refractivity contribution < 1.29 is 14.5 Å². The number of nitrogens with zero attached hydrogens (tertiary/aromatic N) is 1. The lowest BCUT2D eigenvalue weighted by atomic mass is 10.1. The van der Waals surface area contributed by atoms with Crippen molar-refractivity contribution in [2.75, 3.05) is 5.32 Å². The highest BCUT2D eigenvalue weighted by Gasteiger charge is 2.20. The second-order valence-electron chi connectivity index (χ2n) is 5.40. The number of thiophene rings is 2. The molecule has 25 heavy (non-hydrogen) atoms. The highest BCUT2D eigenvalue weighted by Crippen LogP contribution is 2.34. The molecule has 0 aliphatic carbocycles. The van der Waals surface area contributed by atoms with Gasteiger partial charge in [-0.25, -0.2) is 0 Å². The predicted molar refractivity (Wildman–Crippen MR) is 98.7 cm³/mol. The number of aryl methyl sites for hydroxylation is 1. The number of nitrogens with one attached hydrogen (secondary N) is 1. The minimum atomic E-state index is -0.593. The quantitative estimate of drug-likeness (QED) is 0.532. The van der Waals surface area contributed by atoms with Crippen LogP contribution in [0.4, 0.5) is 10.7 Å². The SMILES string of the molecule is Cc1sc(NC(=O)c2cc3cc([N+](=O)[O-])ccc3s2)c(C(N)=O)c1C. The molecular formula is C16H13N3O4S2. The summed E-state index contributed by atoms with van der Waals surface area (Å²) in [6.07, 6.45) is 0. The van der Waals surface area contributed by atoms with Crippen LogP contribution in [0.3, 0.4) is 0 Å². The topological polar surface area (TPSA) is 115 Å². The molecule has 1 aromatic carbocycles. The van der Waals surface area contributed by atoms with Crippen LogP contribution < -0.4 is 11.1 Å². The minimum Gasteiger partial charge on any atom is -0.365 e. The van der Waals surface area contributed by atoms with Crippen LogP contribution in [0.15, 0.2) is 24.3 Å². The molecule has 0 unspecified atom stereocenters. The summed E-state index contributed by atoms with van der Waals surface area (Å²) in [7, 11) is 0. The van der Waals surface area contributed by atoms with Gasteiger partial charge in [-0.1, -0.05) is 0 Å². The Hall–Kier alpha value is -2.78. The molecule has 2 amide bonds. The van der Waals surface area contributed by atoms with E-state index in [-0.39, 0.29) is 11.6 Å². The van der Waals surface area contributed by atoms with Gasteiger partial charge < -0.3 is 11.1 Å². The lowest BCUT2D eigenvalue weighted by molar-refractivity contribution is -0.384. The van der Waals surface area contributed by atoms with Gasteiger partial charge in [-0.05, 0) is 31.5 Å². The summed E-state index contributed by atoms with van der Waals surface area (Å²) in [5.74, 6) is -0.975. The third kappa shape index (κ3) is 3.11. The van der Waals surface area contributed by atoms with Crippen molar-refractivity contribution in [2.24, 2.45) is 5.73 Å². The Bertz CT molecular complexity index is 1040. The lowest BCUT2D eigenvalue weighted by Crippen LogP contribution is -2.16. The first kappa shape index (κ1) is 17.1. The molecular weight excluding hydrogens is 362 g/mol. The molecule has 3 rings (SSSR count). The Morgan fingerprint density at radius 2 is 1.92 bits per heavy atom. The summed E-state index contributed by atoms with van der Waals surface area (Å²) in [6.45, 7) is 3.63. The van der Waals surface area contributed by atoms with Crippen molar-refractivity contribution in [2.45, 2.75) is 13.8 Å². The number of carbonyl (C=O) groups excluding carboxylic acids is 2. The summed E-state index contributed by atoms with van der Waals surface area (Å²) in [6, 6.07) is 6.04. The molecule has 128 valence electrons. The lowest BCUT2D eigenvalue weighted by Gasteiger charge is -2.03. The number of primary amides is 1. The van der Waals surface area contributed by atoms with E-state index in [0.29, 0.717) is 20.8 Å². The average Bonchev–Trinajstić information content (AvgIpc) is 3.08. The largest absolute Gasteiger partial charge is 0.365 e. The van der Waals surface area contributed by atoms with Crippen LogP contribution in [0.25, 0.3) is 10.1 Å². The fourth-order valence-electron chi connectivity index (χ4n) is 2.43. The first-order chi connectivity index (χ1) is 11.8. The number of hydrogen-bond donors (Lipinski definition) is 2. The molecule has 2 aromatic heterocycles. The van der Waals surface area contributed by atoms with E-state index in [9.17, 15) is 19.7 Å². The number of rotatable bonds is 4. The molecule has 0 fully saturated rings. The molecule has 3 aromatic rings. The fourth-order valence-corrected chi connectivity index (χ4v) is 4.43. The van der Waals surface area contributed by atoms with Crippen molar-refractivity contribution in [1.29, 1.82) is 0 Å². The van der Waals surface area contributed by atoms with Crippen LogP contribution in [0.1, 0.15) is 30.5 Å². The number of carbonyl (C=O) groups is 2. The van der Waals surface area contributed by atoms with Crippen molar-refractivity contribution >= 4 is 55.3 Å². The third-order valence-corrected chi connectivity index (χ3v) is 6.03. The molecule has 0 saturated heterocycles. The Labute approximate surface area is 150 Å².